The number of unbranched alkanes of at least 4 members (excludes halogenated alkanes) is 1. The molecule has 0 spiro atoms. The summed E-state index contributed by atoms with van der Waals surface area (Å²) in [5.74, 6) is 1.78. The monoisotopic (exact) mass is 479 g/mol. The van der Waals surface area contributed by atoms with Crippen LogP contribution in [0.2, 0.25) is 0 Å². The predicted octanol–water partition coefficient (Wildman–Crippen LogP) is 12.6. The van der Waals surface area contributed by atoms with Gasteiger partial charge in [0, 0.05) is 0 Å². The molecule has 0 aromatic carbocycles. The number of hydrogen-bond donors (Lipinski definition) is 0. The van der Waals surface area contributed by atoms with Gasteiger partial charge in [-0.15, -0.1) is 0 Å². The average molecular weight is 479 g/mol. The van der Waals surface area contributed by atoms with Crippen LogP contribution in [-0.2, 0) is 0 Å². The molecule has 1 unspecified atom stereocenters. The molecule has 0 heteroatoms. The average Bonchev–Trinajstić information content (AvgIpc) is 2.63. The van der Waals surface area contributed by atoms with Crippen LogP contribution >= 0.6 is 0 Å². The van der Waals surface area contributed by atoms with Crippen molar-refractivity contribution in [2.45, 2.75) is 186 Å². The van der Waals surface area contributed by atoms with Crippen molar-refractivity contribution in [1.29, 1.82) is 0 Å². The maximum Gasteiger partial charge on any atom is -0.0354 e. The van der Waals surface area contributed by atoms with Gasteiger partial charge in [-0.3, -0.25) is 0 Å². The van der Waals surface area contributed by atoms with Gasteiger partial charge in [0.05, 0.1) is 0 Å². The molecule has 0 aliphatic heterocycles. The lowest BCUT2D eigenvalue weighted by Crippen LogP contribution is -2.17. The Bertz CT molecular complexity index is 485. The molecule has 0 saturated heterocycles. The van der Waals surface area contributed by atoms with Gasteiger partial charge in [-0.1, -0.05) is 141 Å². The van der Waals surface area contributed by atoms with E-state index in [4.69, 9.17) is 0 Å². The first-order valence-electron chi connectivity index (χ1n) is 15.4. The third-order valence-corrected chi connectivity index (χ3v) is 8.47. The van der Waals surface area contributed by atoms with Gasteiger partial charge in [0.15, 0.2) is 0 Å². The fourth-order valence-electron chi connectivity index (χ4n) is 5.67. The molecule has 206 valence electrons. The maximum absolute atomic E-state index is 2.52. The molecule has 0 aliphatic rings. The highest BCUT2D eigenvalue weighted by Crippen LogP contribution is 2.37. The van der Waals surface area contributed by atoms with E-state index in [2.05, 4.69) is 83.1 Å². The summed E-state index contributed by atoms with van der Waals surface area (Å²) in [6.45, 7) is 29.4. The highest BCUT2D eigenvalue weighted by Gasteiger charge is 2.23. The molecule has 0 bridgehead atoms. The zero-order valence-electron chi connectivity index (χ0n) is 26.5. The summed E-state index contributed by atoms with van der Waals surface area (Å²) >= 11 is 0. The Kier molecular flexibility index (Phi) is 16.0. The molecule has 0 aromatic heterocycles. The minimum atomic E-state index is 0.484. The zero-order chi connectivity index (χ0) is 26.5. The van der Waals surface area contributed by atoms with Gasteiger partial charge in [0.1, 0.15) is 0 Å². The van der Waals surface area contributed by atoms with E-state index in [0.29, 0.717) is 21.7 Å². The molecule has 0 amide bonds. The molecule has 0 N–H and O–H groups in total. The topological polar surface area (TPSA) is 0 Å². The van der Waals surface area contributed by atoms with Gasteiger partial charge >= 0.3 is 0 Å². The second-order valence-corrected chi connectivity index (χ2v) is 16.3. The van der Waals surface area contributed by atoms with Gasteiger partial charge < -0.3 is 0 Å². The highest BCUT2D eigenvalue weighted by molar-refractivity contribution is 4.76. The standard InChI is InChI=1S/C34H70/c1-29(2)19-15-20-30(3)21-16-25-32(7,8)23-13-14-24-33(9,10)27-18-28-34(11,12)26-17-22-31(4,5)6/h29-30H,13-28H2,1-12H3. The van der Waals surface area contributed by atoms with Crippen molar-refractivity contribution in [2.24, 2.45) is 33.5 Å². The molecule has 0 fully saturated rings. The van der Waals surface area contributed by atoms with Gasteiger partial charge in [-0.25, -0.2) is 0 Å². The van der Waals surface area contributed by atoms with Crippen LogP contribution in [0, 0.1) is 33.5 Å². The van der Waals surface area contributed by atoms with Crippen LogP contribution in [0.1, 0.15) is 186 Å². The number of rotatable bonds is 20. The van der Waals surface area contributed by atoms with Crippen molar-refractivity contribution >= 4 is 0 Å². The van der Waals surface area contributed by atoms with E-state index >= 15 is 0 Å². The van der Waals surface area contributed by atoms with E-state index in [0.717, 1.165) is 11.8 Å². The Balaban J connectivity index is 4.02. The van der Waals surface area contributed by atoms with Crippen molar-refractivity contribution < 1.29 is 0 Å². The minimum absolute atomic E-state index is 0.484. The maximum atomic E-state index is 2.52. The Morgan fingerprint density at radius 3 is 1.15 bits per heavy atom. The minimum Gasteiger partial charge on any atom is -0.0628 e. The fourth-order valence-corrected chi connectivity index (χ4v) is 5.67. The molecule has 1 atom stereocenters. The van der Waals surface area contributed by atoms with E-state index in [9.17, 15) is 0 Å². The van der Waals surface area contributed by atoms with Crippen LogP contribution in [-0.4, -0.2) is 0 Å². The molecular weight excluding hydrogens is 408 g/mol. The summed E-state index contributed by atoms with van der Waals surface area (Å²) in [5.41, 5.74) is 2.03. The first-order valence-corrected chi connectivity index (χ1v) is 15.4. The van der Waals surface area contributed by atoms with E-state index in [1.165, 1.54) is 103 Å². The zero-order valence-corrected chi connectivity index (χ0v) is 26.5. The van der Waals surface area contributed by atoms with Crippen LogP contribution < -0.4 is 0 Å². The first kappa shape index (κ1) is 34.0. The summed E-state index contributed by atoms with van der Waals surface area (Å²) in [7, 11) is 0. The Morgan fingerprint density at radius 2 is 0.735 bits per heavy atom. The lowest BCUT2D eigenvalue weighted by Gasteiger charge is -2.30. The lowest BCUT2D eigenvalue weighted by atomic mass is 9.75. The van der Waals surface area contributed by atoms with Crippen LogP contribution in [0.25, 0.3) is 0 Å². The van der Waals surface area contributed by atoms with Crippen molar-refractivity contribution in [2.75, 3.05) is 0 Å². The van der Waals surface area contributed by atoms with E-state index in [1.54, 1.807) is 0 Å². The molecule has 0 radical (unpaired) electrons. The van der Waals surface area contributed by atoms with Gasteiger partial charge in [-0.2, -0.15) is 0 Å². The predicted molar refractivity (Wildman–Crippen MR) is 159 cm³/mol. The molecule has 0 aromatic rings. The van der Waals surface area contributed by atoms with Crippen molar-refractivity contribution in [3.8, 4) is 0 Å². The van der Waals surface area contributed by atoms with E-state index < -0.39 is 0 Å². The van der Waals surface area contributed by atoms with Crippen molar-refractivity contribution in [3.63, 3.8) is 0 Å². The molecular formula is C34H70. The number of hydrogen-bond acceptors (Lipinski definition) is 0. The van der Waals surface area contributed by atoms with Crippen LogP contribution in [0.5, 0.6) is 0 Å². The van der Waals surface area contributed by atoms with E-state index in [1.807, 2.05) is 0 Å². The lowest BCUT2D eigenvalue weighted by molar-refractivity contribution is 0.220. The SMILES string of the molecule is CC(C)CCCC(C)CCCC(C)(C)CCCCC(C)(C)CCCC(C)(C)CCCC(C)(C)C. The summed E-state index contributed by atoms with van der Waals surface area (Å²) < 4.78 is 0. The molecule has 0 nitrogen and oxygen atoms in total. The normalized spacial score (nSPS) is 14.7. The third kappa shape index (κ3) is 21.3. The summed E-state index contributed by atoms with van der Waals surface area (Å²) in [4.78, 5) is 0. The summed E-state index contributed by atoms with van der Waals surface area (Å²) in [5, 5.41) is 0. The second kappa shape index (κ2) is 16.0. The Morgan fingerprint density at radius 1 is 0.382 bits per heavy atom. The molecule has 34 heavy (non-hydrogen) atoms. The van der Waals surface area contributed by atoms with Gasteiger partial charge in [0.2, 0.25) is 0 Å². The smallest absolute Gasteiger partial charge is 0.0354 e. The van der Waals surface area contributed by atoms with Gasteiger partial charge in [0.25, 0.3) is 0 Å². The molecule has 0 saturated carbocycles. The quantitative estimate of drug-likeness (QED) is 0.153. The van der Waals surface area contributed by atoms with Gasteiger partial charge in [-0.05, 0) is 78.4 Å². The van der Waals surface area contributed by atoms with E-state index in [-0.39, 0.29) is 0 Å². The van der Waals surface area contributed by atoms with Crippen LogP contribution in [0.3, 0.4) is 0 Å². The van der Waals surface area contributed by atoms with Crippen LogP contribution in [0.15, 0.2) is 0 Å². The largest absolute Gasteiger partial charge is 0.0628 e. The highest BCUT2D eigenvalue weighted by atomic mass is 14.3. The first-order chi connectivity index (χ1) is 15.4. The molecule has 0 heterocycles. The van der Waals surface area contributed by atoms with Crippen LogP contribution in [0.4, 0.5) is 0 Å². The summed E-state index contributed by atoms with van der Waals surface area (Å²) in [6, 6.07) is 0. The third-order valence-electron chi connectivity index (χ3n) is 8.47. The fraction of sp³-hybridized carbons (Fsp3) is 1.00. The van der Waals surface area contributed by atoms with Crippen molar-refractivity contribution in [3.05, 3.63) is 0 Å². The van der Waals surface area contributed by atoms with Crippen molar-refractivity contribution in [1.82, 2.24) is 0 Å². The molecule has 0 rings (SSSR count). The molecule has 0 aliphatic carbocycles. The Hall–Kier alpha value is 0. The summed E-state index contributed by atoms with van der Waals surface area (Å²) in [6.07, 6.45) is 22.5. The Labute approximate surface area is 219 Å². The second-order valence-electron chi connectivity index (χ2n) is 16.3.